The number of halogens is 1. The van der Waals surface area contributed by atoms with Gasteiger partial charge in [0.05, 0.1) is 0 Å². The first-order valence-corrected chi connectivity index (χ1v) is 8.78. The monoisotopic (exact) mass is 335 g/mol. The molecule has 0 aliphatic heterocycles. The Labute approximate surface area is 143 Å². The van der Waals surface area contributed by atoms with Crippen LogP contribution in [0.4, 0.5) is 5.69 Å². The number of rotatable bonds is 5. The van der Waals surface area contributed by atoms with Crippen molar-refractivity contribution in [3.63, 3.8) is 0 Å². The van der Waals surface area contributed by atoms with E-state index in [1.165, 1.54) is 12.8 Å². The maximum absolute atomic E-state index is 12.4. The minimum absolute atomic E-state index is 0.0906. The van der Waals surface area contributed by atoms with E-state index in [2.05, 4.69) is 22.8 Å². The van der Waals surface area contributed by atoms with Crippen LogP contribution in [0.3, 0.4) is 0 Å². The lowest BCUT2D eigenvalue weighted by Crippen LogP contribution is -2.38. The second-order valence-corrected chi connectivity index (χ2v) is 6.73. The fourth-order valence-corrected chi connectivity index (χ4v) is 3.10. The zero-order valence-electron chi connectivity index (χ0n) is 14.2. The van der Waals surface area contributed by atoms with Crippen molar-refractivity contribution >= 4 is 28.9 Å². The van der Waals surface area contributed by atoms with E-state index in [4.69, 9.17) is 11.6 Å². The lowest BCUT2D eigenvalue weighted by molar-refractivity contribution is -0.121. The van der Waals surface area contributed by atoms with E-state index >= 15 is 0 Å². The molecule has 2 N–H and O–H groups in total. The number of carbonyl (C=O) groups excluding carboxylic acids is 1. The standard InChI is InChI=1S/C18H26ClN3O/c1-4-15(20-16-10-9-14(19)11-13(16)3)18(23)22-21-17-8-6-5-7-12(17)2/h9-12,15,20H,4-8H2,1-3H3,(H,22,23)/b21-17-/t12-,15-/m0/s1. The van der Waals surface area contributed by atoms with E-state index in [9.17, 15) is 4.79 Å². The first kappa shape index (κ1) is 17.8. The zero-order valence-corrected chi connectivity index (χ0v) is 14.9. The maximum atomic E-state index is 12.4. The predicted molar refractivity (Wildman–Crippen MR) is 97.1 cm³/mol. The van der Waals surface area contributed by atoms with Gasteiger partial charge in [-0.15, -0.1) is 0 Å². The molecule has 0 spiro atoms. The molecule has 4 nitrogen and oxygen atoms in total. The highest BCUT2D eigenvalue weighted by molar-refractivity contribution is 6.30. The molecule has 0 heterocycles. The van der Waals surface area contributed by atoms with E-state index in [0.717, 1.165) is 29.8 Å². The van der Waals surface area contributed by atoms with Crippen LogP contribution in [0.25, 0.3) is 0 Å². The molecule has 1 fully saturated rings. The van der Waals surface area contributed by atoms with Crippen molar-refractivity contribution in [3.8, 4) is 0 Å². The molecule has 1 aliphatic rings. The summed E-state index contributed by atoms with van der Waals surface area (Å²) in [6.07, 6.45) is 5.26. The highest BCUT2D eigenvalue weighted by Gasteiger charge is 2.19. The number of hydrogen-bond donors (Lipinski definition) is 2. The van der Waals surface area contributed by atoms with Gasteiger partial charge in [-0.1, -0.05) is 31.9 Å². The van der Waals surface area contributed by atoms with Gasteiger partial charge >= 0.3 is 0 Å². The lowest BCUT2D eigenvalue weighted by Gasteiger charge is -2.21. The summed E-state index contributed by atoms with van der Waals surface area (Å²) in [5.41, 5.74) is 5.81. The van der Waals surface area contributed by atoms with Gasteiger partial charge in [0.15, 0.2) is 0 Å². The molecule has 1 aromatic rings. The summed E-state index contributed by atoms with van der Waals surface area (Å²) in [5, 5.41) is 8.35. The number of nitrogens with one attached hydrogen (secondary N) is 2. The highest BCUT2D eigenvalue weighted by Crippen LogP contribution is 2.22. The Morgan fingerprint density at radius 2 is 2.22 bits per heavy atom. The summed E-state index contributed by atoms with van der Waals surface area (Å²) in [5.74, 6) is 0.378. The minimum Gasteiger partial charge on any atom is -0.373 e. The molecule has 2 rings (SSSR count). The van der Waals surface area contributed by atoms with E-state index in [0.29, 0.717) is 17.4 Å². The van der Waals surface area contributed by atoms with Crippen LogP contribution >= 0.6 is 11.6 Å². The topological polar surface area (TPSA) is 53.5 Å². The third kappa shape index (κ3) is 4.96. The fourth-order valence-electron chi connectivity index (χ4n) is 2.87. The van der Waals surface area contributed by atoms with E-state index in [1.807, 2.05) is 32.0 Å². The first-order valence-electron chi connectivity index (χ1n) is 8.40. The van der Waals surface area contributed by atoms with Crippen LogP contribution in [0.1, 0.15) is 51.5 Å². The van der Waals surface area contributed by atoms with Crippen molar-refractivity contribution in [2.24, 2.45) is 11.0 Å². The summed E-state index contributed by atoms with van der Waals surface area (Å²) in [4.78, 5) is 12.4. The third-order valence-corrected chi connectivity index (χ3v) is 4.68. The number of amides is 1. The summed E-state index contributed by atoms with van der Waals surface area (Å²) >= 11 is 5.97. The van der Waals surface area contributed by atoms with Gasteiger partial charge in [0.2, 0.25) is 0 Å². The van der Waals surface area contributed by atoms with Crippen molar-refractivity contribution in [2.75, 3.05) is 5.32 Å². The van der Waals surface area contributed by atoms with Crippen LogP contribution in [-0.4, -0.2) is 17.7 Å². The molecule has 1 saturated carbocycles. The quantitative estimate of drug-likeness (QED) is 0.777. The molecule has 0 saturated heterocycles. The van der Waals surface area contributed by atoms with Crippen LogP contribution in [-0.2, 0) is 4.79 Å². The van der Waals surface area contributed by atoms with Gasteiger partial charge in [-0.3, -0.25) is 4.79 Å². The molecular formula is C18H26ClN3O. The largest absolute Gasteiger partial charge is 0.373 e. The zero-order chi connectivity index (χ0) is 16.8. The Balaban J connectivity index is 1.99. The summed E-state index contributed by atoms with van der Waals surface area (Å²) in [6, 6.07) is 5.31. The van der Waals surface area contributed by atoms with E-state index < -0.39 is 0 Å². The Morgan fingerprint density at radius 1 is 1.43 bits per heavy atom. The second kappa shape index (κ2) is 8.34. The number of aryl methyl sites for hydroxylation is 1. The molecule has 1 aromatic carbocycles. The van der Waals surface area contributed by atoms with E-state index in [1.54, 1.807) is 0 Å². The number of benzene rings is 1. The van der Waals surface area contributed by atoms with Crippen LogP contribution in [0.2, 0.25) is 5.02 Å². The van der Waals surface area contributed by atoms with Gasteiger partial charge in [-0.25, -0.2) is 5.43 Å². The number of hydrazone groups is 1. The Bertz CT molecular complexity index is 586. The number of anilines is 1. The van der Waals surface area contributed by atoms with Gasteiger partial charge in [0.1, 0.15) is 6.04 Å². The van der Waals surface area contributed by atoms with E-state index in [-0.39, 0.29) is 11.9 Å². The molecule has 126 valence electrons. The molecule has 5 heteroatoms. The molecule has 0 bridgehead atoms. The third-order valence-electron chi connectivity index (χ3n) is 4.44. The van der Waals surface area contributed by atoms with Crippen LogP contribution in [0, 0.1) is 12.8 Å². The first-order chi connectivity index (χ1) is 11.0. The lowest BCUT2D eigenvalue weighted by atomic mass is 9.89. The maximum Gasteiger partial charge on any atom is 0.262 e. The average Bonchev–Trinajstić information content (AvgIpc) is 2.53. The van der Waals surface area contributed by atoms with Crippen molar-refractivity contribution in [3.05, 3.63) is 28.8 Å². The van der Waals surface area contributed by atoms with Gasteiger partial charge in [0, 0.05) is 16.4 Å². The smallest absolute Gasteiger partial charge is 0.262 e. The second-order valence-electron chi connectivity index (χ2n) is 6.29. The molecule has 0 radical (unpaired) electrons. The average molecular weight is 336 g/mol. The Hall–Kier alpha value is -1.55. The minimum atomic E-state index is -0.307. The summed E-state index contributed by atoms with van der Waals surface area (Å²) < 4.78 is 0. The van der Waals surface area contributed by atoms with Gasteiger partial charge in [-0.05, 0) is 62.3 Å². The fraction of sp³-hybridized carbons (Fsp3) is 0.556. The molecule has 1 amide bonds. The van der Waals surface area contributed by atoms with Crippen molar-refractivity contribution < 1.29 is 4.79 Å². The van der Waals surface area contributed by atoms with Crippen molar-refractivity contribution in [1.82, 2.24) is 5.43 Å². The van der Waals surface area contributed by atoms with Crippen LogP contribution in [0.15, 0.2) is 23.3 Å². The number of carbonyl (C=O) groups is 1. The Kier molecular flexibility index (Phi) is 6.46. The molecule has 2 atom stereocenters. The molecule has 0 unspecified atom stereocenters. The van der Waals surface area contributed by atoms with Crippen LogP contribution in [0.5, 0.6) is 0 Å². The van der Waals surface area contributed by atoms with Gasteiger partial charge in [0.25, 0.3) is 5.91 Å². The van der Waals surface area contributed by atoms with Gasteiger partial charge in [-0.2, -0.15) is 5.10 Å². The highest BCUT2D eigenvalue weighted by atomic mass is 35.5. The molecular weight excluding hydrogens is 310 g/mol. The van der Waals surface area contributed by atoms with Gasteiger partial charge < -0.3 is 5.32 Å². The molecule has 23 heavy (non-hydrogen) atoms. The Morgan fingerprint density at radius 3 is 2.87 bits per heavy atom. The molecule has 0 aromatic heterocycles. The number of hydrogen-bond acceptors (Lipinski definition) is 3. The summed E-state index contributed by atoms with van der Waals surface area (Å²) in [6.45, 7) is 6.14. The molecule has 1 aliphatic carbocycles. The SMILES string of the molecule is CC[C@H](Nc1ccc(Cl)cc1C)C(=O)N/N=C1/CCCC[C@@H]1C. The predicted octanol–water partition coefficient (Wildman–Crippen LogP) is 4.52. The summed E-state index contributed by atoms with van der Waals surface area (Å²) in [7, 11) is 0. The van der Waals surface area contributed by atoms with Crippen LogP contribution < -0.4 is 10.7 Å². The number of nitrogens with zero attached hydrogens (tertiary/aromatic N) is 1. The normalized spacial score (nSPS) is 21.0. The van der Waals surface area contributed by atoms with Crippen molar-refractivity contribution in [2.45, 2.75) is 58.9 Å². The van der Waals surface area contributed by atoms with Crippen molar-refractivity contribution in [1.29, 1.82) is 0 Å².